The molecule has 2 heterocycles. The highest BCUT2D eigenvalue weighted by atomic mass is 32.1. The second kappa shape index (κ2) is 6.25. The maximum Gasteiger partial charge on any atom is 0.260 e. The summed E-state index contributed by atoms with van der Waals surface area (Å²) in [5.41, 5.74) is 19.0. The van der Waals surface area contributed by atoms with Gasteiger partial charge in [-0.05, 0) is 25.8 Å². The van der Waals surface area contributed by atoms with E-state index in [4.69, 9.17) is 21.9 Å². The van der Waals surface area contributed by atoms with E-state index in [1.54, 1.807) is 0 Å². The fourth-order valence-corrected chi connectivity index (χ4v) is 4.02. The Kier molecular flexibility index (Phi) is 4.32. The van der Waals surface area contributed by atoms with Crippen molar-refractivity contribution in [2.75, 3.05) is 30.3 Å². The van der Waals surface area contributed by atoms with Gasteiger partial charge in [0.05, 0.1) is 17.7 Å². The Labute approximate surface area is 139 Å². The van der Waals surface area contributed by atoms with Gasteiger partial charge in [-0.15, -0.1) is 11.3 Å². The smallest absolute Gasteiger partial charge is 0.260 e. The van der Waals surface area contributed by atoms with Crippen molar-refractivity contribution < 1.29 is 9.53 Å². The van der Waals surface area contributed by atoms with Crippen molar-refractivity contribution in [1.29, 1.82) is 0 Å². The highest BCUT2D eigenvalue weighted by Gasteiger charge is 2.22. The number of thiophene rings is 1. The van der Waals surface area contributed by atoms with Crippen LogP contribution < -0.4 is 26.8 Å². The Bertz CT molecular complexity index is 735. The highest BCUT2D eigenvalue weighted by molar-refractivity contribution is 7.21. The third kappa shape index (κ3) is 2.94. The van der Waals surface area contributed by atoms with E-state index in [0.717, 1.165) is 41.7 Å². The molecule has 3 rings (SSSR count). The Morgan fingerprint density at radius 3 is 2.70 bits per heavy atom. The van der Waals surface area contributed by atoms with E-state index in [-0.39, 0.29) is 6.04 Å². The number of nitrogens with two attached hydrogens (primary N) is 3. The number of benzene rings is 1. The van der Waals surface area contributed by atoms with Crippen molar-refractivity contribution in [1.82, 2.24) is 0 Å². The summed E-state index contributed by atoms with van der Waals surface area (Å²) in [6, 6.07) is 4.33. The Balaban J connectivity index is 2.08. The van der Waals surface area contributed by atoms with Gasteiger partial charge in [0.1, 0.15) is 10.6 Å². The molecule has 124 valence electrons. The predicted octanol–water partition coefficient (Wildman–Crippen LogP) is 1.91. The summed E-state index contributed by atoms with van der Waals surface area (Å²) >= 11 is 1.32. The lowest BCUT2D eigenvalue weighted by atomic mass is 10.0. The molecule has 23 heavy (non-hydrogen) atoms. The molecule has 6 N–H and O–H groups in total. The molecule has 0 unspecified atom stereocenters. The minimum absolute atomic E-state index is 0.278. The molecule has 1 aromatic heterocycles. The van der Waals surface area contributed by atoms with Gasteiger partial charge in [0.15, 0.2) is 0 Å². The van der Waals surface area contributed by atoms with Gasteiger partial charge in [-0.1, -0.05) is 0 Å². The number of ether oxygens (including phenoxy) is 1. The van der Waals surface area contributed by atoms with Gasteiger partial charge >= 0.3 is 0 Å². The summed E-state index contributed by atoms with van der Waals surface area (Å²) in [6.45, 7) is 4.30. The number of amides is 1. The van der Waals surface area contributed by atoms with E-state index >= 15 is 0 Å². The van der Waals surface area contributed by atoms with E-state index in [9.17, 15) is 4.79 Å². The van der Waals surface area contributed by atoms with Crippen LogP contribution in [0, 0.1) is 0 Å². The van der Waals surface area contributed by atoms with E-state index in [1.165, 1.54) is 11.3 Å². The van der Waals surface area contributed by atoms with Gasteiger partial charge in [0.25, 0.3) is 5.91 Å². The van der Waals surface area contributed by atoms with E-state index in [1.807, 2.05) is 13.0 Å². The summed E-state index contributed by atoms with van der Waals surface area (Å²) in [5, 5.41) is 0.781. The molecule has 1 fully saturated rings. The number of carbonyl (C=O) groups is 1. The second-order valence-electron chi connectivity index (χ2n) is 5.78. The first-order chi connectivity index (χ1) is 11.0. The molecule has 7 heteroatoms. The number of hydrogen-bond acceptors (Lipinski definition) is 6. The van der Waals surface area contributed by atoms with Gasteiger partial charge in [-0.3, -0.25) is 4.79 Å². The average molecular weight is 334 g/mol. The van der Waals surface area contributed by atoms with E-state index in [0.29, 0.717) is 22.9 Å². The van der Waals surface area contributed by atoms with Crippen LogP contribution in [-0.4, -0.2) is 31.6 Å². The summed E-state index contributed by atoms with van der Waals surface area (Å²) in [4.78, 5) is 14.3. The zero-order valence-corrected chi connectivity index (χ0v) is 14.0. The van der Waals surface area contributed by atoms with Crippen LogP contribution in [-0.2, 0) is 0 Å². The summed E-state index contributed by atoms with van der Waals surface area (Å²) in [5.74, 6) is 0.202. The van der Waals surface area contributed by atoms with E-state index < -0.39 is 5.91 Å². The molecule has 0 saturated carbocycles. The van der Waals surface area contributed by atoms with Crippen molar-refractivity contribution in [2.45, 2.75) is 25.8 Å². The van der Waals surface area contributed by atoms with Crippen LogP contribution in [0.1, 0.15) is 29.4 Å². The summed E-state index contributed by atoms with van der Waals surface area (Å²) < 4.78 is 6.69. The lowest BCUT2D eigenvalue weighted by Gasteiger charge is -2.32. The highest BCUT2D eigenvalue weighted by Crippen LogP contribution is 2.42. The number of hydrogen-bond donors (Lipinski definition) is 3. The molecule has 1 aliphatic rings. The summed E-state index contributed by atoms with van der Waals surface area (Å²) in [6.07, 6.45) is 1.95. The van der Waals surface area contributed by atoms with Crippen molar-refractivity contribution in [3.05, 3.63) is 17.0 Å². The van der Waals surface area contributed by atoms with Crippen molar-refractivity contribution in [2.24, 2.45) is 11.5 Å². The number of piperidine rings is 1. The molecule has 1 aromatic carbocycles. The van der Waals surface area contributed by atoms with Crippen LogP contribution >= 0.6 is 11.3 Å². The van der Waals surface area contributed by atoms with Gasteiger partial charge in [-0.25, -0.2) is 0 Å². The molecule has 0 atom stereocenters. The van der Waals surface area contributed by atoms with Crippen LogP contribution in [0.5, 0.6) is 5.75 Å². The maximum absolute atomic E-state index is 11.6. The molecule has 0 aliphatic carbocycles. The third-order valence-corrected chi connectivity index (χ3v) is 5.37. The zero-order chi connectivity index (χ0) is 16.6. The van der Waals surface area contributed by atoms with Gasteiger partial charge in [0.2, 0.25) is 0 Å². The number of nitrogen functional groups attached to an aromatic ring is 1. The van der Waals surface area contributed by atoms with Crippen LogP contribution in [0.3, 0.4) is 0 Å². The number of primary amides is 1. The molecule has 0 radical (unpaired) electrons. The standard InChI is InChI=1S/C16H22N4O2S/c1-2-22-11-7-10(20-5-3-9(17)4-6-20)8-12-13(11)14(18)15(23-12)16(19)21/h7-9H,2-6,17-18H2,1H3,(H2,19,21). The van der Waals surface area contributed by atoms with Gasteiger partial charge < -0.3 is 26.8 Å². The topological polar surface area (TPSA) is 108 Å². The van der Waals surface area contributed by atoms with Crippen LogP contribution in [0.15, 0.2) is 12.1 Å². The van der Waals surface area contributed by atoms with Crippen molar-refractivity contribution >= 4 is 38.7 Å². The molecular formula is C16H22N4O2S. The molecular weight excluding hydrogens is 312 g/mol. The first kappa shape index (κ1) is 15.9. The molecule has 1 aliphatic heterocycles. The fraction of sp³-hybridized carbons (Fsp3) is 0.438. The Morgan fingerprint density at radius 2 is 2.09 bits per heavy atom. The largest absolute Gasteiger partial charge is 0.493 e. The SMILES string of the molecule is CCOc1cc(N2CCC(N)CC2)cc2sc(C(N)=O)c(N)c12. The number of carbonyl (C=O) groups excluding carboxylic acids is 1. The van der Waals surface area contributed by atoms with Gasteiger partial charge in [-0.2, -0.15) is 0 Å². The van der Waals surface area contributed by atoms with Crippen LogP contribution in [0.2, 0.25) is 0 Å². The van der Waals surface area contributed by atoms with Crippen molar-refractivity contribution in [3.63, 3.8) is 0 Å². The normalized spacial score (nSPS) is 16.0. The molecule has 1 saturated heterocycles. The lowest BCUT2D eigenvalue weighted by Crippen LogP contribution is -2.39. The fourth-order valence-electron chi connectivity index (χ4n) is 2.99. The average Bonchev–Trinajstić information content (AvgIpc) is 2.86. The predicted molar refractivity (Wildman–Crippen MR) is 95.3 cm³/mol. The minimum Gasteiger partial charge on any atom is -0.493 e. The Hall–Kier alpha value is -1.99. The third-order valence-electron chi connectivity index (χ3n) is 4.21. The van der Waals surface area contributed by atoms with Crippen molar-refractivity contribution in [3.8, 4) is 5.75 Å². The summed E-state index contributed by atoms with van der Waals surface area (Å²) in [7, 11) is 0. The van der Waals surface area contributed by atoms with Gasteiger partial charge in [0, 0.05) is 35.6 Å². The maximum atomic E-state index is 11.6. The van der Waals surface area contributed by atoms with Crippen LogP contribution in [0.25, 0.3) is 10.1 Å². The number of fused-ring (bicyclic) bond motifs is 1. The molecule has 0 spiro atoms. The second-order valence-corrected chi connectivity index (χ2v) is 6.84. The zero-order valence-electron chi connectivity index (χ0n) is 13.2. The molecule has 1 amide bonds. The minimum atomic E-state index is -0.503. The molecule has 6 nitrogen and oxygen atoms in total. The Morgan fingerprint density at radius 1 is 1.39 bits per heavy atom. The lowest BCUT2D eigenvalue weighted by molar-refractivity contribution is 0.100. The quantitative estimate of drug-likeness (QED) is 0.791. The molecule has 2 aromatic rings. The first-order valence-corrected chi connectivity index (χ1v) is 8.62. The number of nitrogens with zero attached hydrogens (tertiary/aromatic N) is 1. The van der Waals surface area contributed by atoms with Crippen LogP contribution in [0.4, 0.5) is 11.4 Å². The monoisotopic (exact) mass is 334 g/mol. The molecule has 0 bridgehead atoms. The van der Waals surface area contributed by atoms with E-state index in [2.05, 4.69) is 11.0 Å². The number of rotatable bonds is 4. The number of anilines is 2. The first-order valence-electron chi connectivity index (χ1n) is 7.80.